The second-order valence-corrected chi connectivity index (χ2v) is 6.41. The molecule has 1 N–H and O–H groups in total. The lowest BCUT2D eigenvalue weighted by atomic mass is 10.1. The number of hydrazone groups is 1. The Labute approximate surface area is 161 Å². The number of aliphatic imine (C=N–C) groups is 1. The minimum atomic E-state index is -0.581. The number of nitrogens with zero attached hydrogens (tertiary/aromatic N) is 4. The van der Waals surface area contributed by atoms with Crippen molar-refractivity contribution in [1.29, 1.82) is 5.41 Å². The van der Waals surface area contributed by atoms with E-state index in [1.807, 2.05) is 0 Å². The zero-order valence-corrected chi connectivity index (χ0v) is 15.1. The second kappa shape index (κ2) is 6.78. The summed E-state index contributed by atoms with van der Waals surface area (Å²) < 4.78 is 10.7. The van der Waals surface area contributed by atoms with Gasteiger partial charge in [-0.2, -0.15) is 15.1 Å². The van der Waals surface area contributed by atoms with Crippen molar-refractivity contribution >= 4 is 46.0 Å². The van der Waals surface area contributed by atoms with E-state index in [0.717, 1.165) is 11.8 Å². The van der Waals surface area contributed by atoms with Crippen LogP contribution in [0.1, 0.15) is 5.76 Å². The minimum Gasteiger partial charge on any atom is -0.497 e. The Morgan fingerprint density at radius 2 is 2.18 bits per heavy atom. The number of nitrogens with one attached hydrogen (secondary N) is 1. The number of hydrogen-bond acceptors (Lipinski definition) is 8. The molecule has 1 aromatic heterocycles. The molecule has 0 saturated carbocycles. The summed E-state index contributed by atoms with van der Waals surface area (Å²) in [5.74, 6) is 0.146. The number of ether oxygens (including phenoxy) is 1. The smallest absolute Gasteiger partial charge is 0.284 e. The van der Waals surface area contributed by atoms with E-state index in [1.165, 1.54) is 35.9 Å². The van der Waals surface area contributed by atoms with Gasteiger partial charge in [-0.1, -0.05) is 0 Å². The molecule has 2 aromatic rings. The van der Waals surface area contributed by atoms with E-state index in [-0.39, 0.29) is 34.2 Å². The maximum atomic E-state index is 12.2. The van der Waals surface area contributed by atoms with Crippen LogP contribution in [0, 0.1) is 15.5 Å². The molecule has 3 heterocycles. The molecule has 1 amide bonds. The molecule has 0 fully saturated rings. The van der Waals surface area contributed by atoms with Gasteiger partial charge in [0, 0.05) is 0 Å². The third-order valence-corrected chi connectivity index (χ3v) is 4.65. The molecule has 0 spiro atoms. The van der Waals surface area contributed by atoms with Gasteiger partial charge in [0.25, 0.3) is 11.6 Å². The summed E-state index contributed by atoms with van der Waals surface area (Å²) in [5.41, 5.74) is 1.58. The molecule has 0 aliphatic carbocycles. The molecule has 11 heteroatoms. The van der Waals surface area contributed by atoms with Crippen LogP contribution in [0.3, 0.4) is 0 Å². The standard InChI is InChI=1S/C17H11N5O5S/c1-26-9-2-4-11(13(7-9)22(24)25)14-5-3-10(27-14)6-12-15(18)21-17(20-16(12)23)28-8-19-21/h2-8,18H,1H3/b12-6+,18-15?. The molecule has 4 rings (SSSR count). The normalized spacial score (nSPS) is 17.1. The first-order valence-corrected chi connectivity index (χ1v) is 8.71. The van der Waals surface area contributed by atoms with Gasteiger partial charge in [0.1, 0.15) is 17.3 Å². The van der Waals surface area contributed by atoms with Gasteiger partial charge in [-0.05, 0) is 42.1 Å². The number of methoxy groups -OCH3 is 1. The number of furan rings is 1. The van der Waals surface area contributed by atoms with E-state index in [1.54, 1.807) is 18.2 Å². The fourth-order valence-corrected chi connectivity index (χ4v) is 3.26. The average Bonchev–Trinajstić information content (AvgIpc) is 3.34. The highest BCUT2D eigenvalue weighted by molar-refractivity contribution is 8.25. The van der Waals surface area contributed by atoms with Crippen LogP contribution < -0.4 is 4.74 Å². The molecule has 10 nitrogen and oxygen atoms in total. The predicted molar refractivity (Wildman–Crippen MR) is 103 cm³/mol. The van der Waals surface area contributed by atoms with Crippen molar-refractivity contribution in [2.24, 2.45) is 10.1 Å². The summed E-state index contributed by atoms with van der Waals surface area (Å²) >= 11 is 1.15. The summed E-state index contributed by atoms with van der Waals surface area (Å²) in [7, 11) is 1.42. The Morgan fingerprint density at radius 3 is 2.93 bits per heavy atom. The highest BCUT2D eigenvalue weighted by Crippen LogP contribution is 2.35. The van der Waals surface area contributed by atoms with Gasteiger partial charge in [0.2, 0.25) is 0 Å². The van der Waals surface area contributed by atoms with Gasteiger partial charge in [0.05, 0.1) is 34.8 Å². The topological polar surface area (TPSA) is 134 Å². The highest BCUT2D eigenvalue weighted by Gasteiger charge is 2.32. The fraction of sp³-hybridized carbons (Fsp3) is 0.0588. The van der Waals surface area contributed by atoms with Crippen molar-refractivity contribution in [1.82, 2.24) is 5.01 Å². The molecule has 0 radical (unpaired) electrons. The van der Waals surface area contributed by atoms with Crippen molar-refractivity contribution in [3.63, 3.8) is 0 Å². The molecule has 2 aliphatic heterocycles. The maximum Gasteiger partial charge on any atom is 0.284 e. The van der Waals surface area contributed by atoms with E-state index < -0.39 is 10.8 Å². The van der Waals surface area contributed by atoms with Crippen LogP contribution in [0.2, 0.25) is 0 Å². The maximum absolute atomic E-state index is 12.2. The molecule has 2 aliphatic rings. The lowest BCUT2D eigenvalue weighted by Crippen LogP contribution is -2.35. The zero-order valence-electron chi connectivity index (χ0n) is 14.3. The number of amides is 1. The predicted octanol–water partition coefficient (Wildman–Crippen LogP) is 3.11. The quantitative estimate of drug-likeness (QED) is 0.476. The van der Waals surface area contributed by atoms with Crippen LogP contribution in [0.15, 0.2) is 50.4 Å². The van der Waals surface area contributed by atoms with E-state index in [0.29, 0.717) is 10.9 Å². The van der Waals surface area contributed by atoms with Crippen LogP contribution in [0.25, 0.3) is 17.4 Å². The third kappa shape index (κ3) is 2.97. The van der Waals surface area contributed by atoms with Gasteiger partial charge in [-0.15, -0.1) is 0 Å². The first-order chi connectivity index (χ1) is 13.5. The van der Waals surface area contributed by atoms with Crippen molar-refractivity contribution in [3.05, 3.63) is 51.8 Å². The van der Waals surface area contributed by atoms with Crippen LogP contribution in [-0.2, 0) is 4.79 Å². The number of hydrogen-bond donors (Lipinski definition) is 1. The Balaban J connectivity index is 1.70. The van der Waals surface area contributed by atoms with Crippen molar-refractivity contribution in [3.8, 4) is 17.1 Å². The molecule has 140 valence electrons. The number of carbonyl (C=O) groups is 1. The fourth-order valence-electron chi connectivity index (χ4n) is 2.65. The largest absolute Gasteiger partial charge is 0.497 e. The van der Waals surface area contributed by atoms with Gasteiger partial charge in [0.15, 0.2) is 11.0 Å². The Morgan fingerprint density at radius 1 is 1.36 bits per heavy atom. The van der Waals surface area contributed by atoms with Gasteiger partial charge < -0.3 is 9.15 Å². The second-order valence-electron chi connectivity index (χ2n) is 5.60. The number of nitro groups is 1. The van der Waals surface area contributed by atoms with Crippen LogP contribution >= 0.6 is 11.8 Å². The Hall–Kier alpha value is -3.73. The molecule has 0 bridgehead atoms. The van der Waals surface area contributed by atoms with Gasteiger partial charge in [-0.3, -0.25) is 20.3 Å². The number of rotatable bonds is 4. The van der Waals surface area contributed by atoms with Crippen molar-refractivity contribution in [2.45, 2.75) is 0 Å². The van der Waals surface area contributed by atoms with Crippen LogP contribution in [0.5, 0.6) is 5.75 Å². The van der Waals surface area contributed by atoms with Crippen molar-refractivity contribution in [2.75, 3.05) is 7.11 Å². The zero-order chi connectivity index (χ0) is 19.8. The van der Waals surface area contributed by atoms with E-state index in [4.69, 9.17) is 14.6 Å². The number of fused-ring (bicyclic) bond motifs is 1. The lowest BCUT2D eigenvalue weighted by molar-refractivity contribution is -0.384. The van der Waals surface area contributed by atoms with Gasteiger partial charge >= 0.3 is 0 Å². The molecule has 0 atom stereocenters. The SMILES string of the molecule is COc1ccc(-c2ccc(/C=C3\C(=N)N4N=CSC4=NC3=O)o2)c([N+](=O)[O-])c1. The number of nitro benzene ring substituents is 1. The molecule has 1 aromatic carbocycles. The first-order valence-electron chi connectivity index (χ1n) is 7.83. The number of carbonyl (C=O) groups excluding carboxylic acids is 1. The molecule has 28 heavy (non-hydrogen) atoms. The molecular formula is C17H11N5O5S. The number of benzene rings is 1. The summed E-state index contributed by atoms with van der Waals surface area (Å²) in [6, 6.07) is 7.51. The van der Waals surface area contributed by atoms with Gasteiger partial charge in [-0.25, -0.2) is 0 Å². The average molecular weight is 397 g/mol. The number of amidine groups is 2. The summed E-state index contributed by atoms with van der Waals surface area (Å²) in [6.45, 7) is 0. The monoisotopic (exact) mass is 397 g/mol. The first kappa shape index (κ1) is 17.7. The Bertz CT molecular complexity index is 1120. The molecule has 0 unspecified atom stereocenters. The highest BCUT2D eigenvalue weighted by atomic mass is 32.2. The lowest BCUT2D eigenvalue weighted by Gasteiger charge is -2.19. The van der Waals surface area contributed by atoms with E-state index >= 15 is 0 Å². The summed E-state index contributed by atoms with van der Waals surface area (Å²) in [4.78, 5) is 26.9. The van der Waals surface area contributed by atoms with Crippen LogP contribution in [0.4, 0.5) is 5.69 Å². The molecule has 0 saturated heterocycles. The number of thioether (sulfide) groups is 1. The minimum absolute atomic E-state index is 0.00790. The Kier molecular flexibility index (Phi) is 4.28. The summed E-state index contributed by atoms with van der Waals surface area (Å²) in [6.07, 6.45) is 1.36. The van der Waals surface area contributed by atoms with E-state index in [2.05, 4.69) is 10.1 Å². The van der Waals surface area contributed by atoms with Crippen molar-refractivity contribution < 1.29 is 18.9 Å². The van der Waals surface area contributed by atoms with Crippen LogP contribution in [-0.4, -0.2) is 39.5 Å². The van der Waals surface area contributed by atoms with E-state index in [9.17, 15) is 14.9 Å². The third-order valence-electron chi connectivity index (χ3n) is 3.98. The molecular weight excluding hydrogens is 386 g/mol. The summed E-state index contributed by atoms with van der Waals surface area (Å²) in [5, 5.41) is 25.0.